The van der Waals surface area contributed by atoms with Crippen molar-refractivity contribution in [2.75, 3.05) is 83.7 Å². The van der Waals surface area contributed by atoms with Gasteiger partial charge in [0.2, 0.25) is 35.7 Å². The first kappa shape index (κ1) is 121. The van der Waals surface area contributed by atoms with E-state index in [1.807, 2.05) is 0 Å². The van der Waals surface area contributed by atoms with E-state index in [9.17, 15) is 72.3 Å². The third kappa shape index (κ3) is 40.4. The van der Waals surface area contributed by atoms with Crippen molar-refractivity contribution >= 4 is 111 Å². The molecule has 0 radical (unpaired) electrons. The van der Waals surface area contributed by atoms with Crippen LogP contribution in [0.4, 0.5) is 58.4 Å². The third-order valence-corrected chi connectivity index (χ3v) is 13.0. The summed E-state index contributed by atoms with van der Waals surface area (Å²) >= 11 is 0. The maximum atomic E-state index is 12.6. The van der Waals surface area contributed by atoms with Gasteiger partial charge in [0.05, 0.1) is 46.0 Å². The average Bonchev–Trinajstić information content (AvgIpc) is 3.30. The summed E-state index contributed by atoms with van der Waals surface area (Å²) < 4.78 is 146. The molecule has 0 saturated heterocycles. The van der Waals surface area contributed by atoms with Crippen LogP contribution < -0.4 is 504 Å². The Bertz CT molecular complexity index is 3250. The predicted octanol–water partition coefficient (Wildman–Crippen LogP) is -47.5. The molecule has 0 amide bonds. The van der Waals surface area contributed by atoms with Crippen LogP contribution in [0.5, 0.6) is 0 Å². The number of hydrogen-bond acceptors (Lipinski definition) is 28. The Balaban J connectivity index is -0.000000412. The van der Waals surface area contributed by atoms with Gasteiger partial charge in [-0.25, -0.2) is 33.7 Å². The molecule has 0 saturated carbocycles. The number of aliphatic hydroxyl groups is 4. The molecular formula is C40H40N12Na16O16S4+12. The summed E-state index contributed by atoms with van der Waals surface area (Å²) in [5.41, 5.74) is -0.656. The number of nitrogens with zero attached hydrogens (tertiary/aromatic N) is 8. The molecule has 4 aromatic carbocycles. The summed E-state index contributed by atoms with van der Waals surface area (Å²) in [6.45, 7) is -1.99. The number of benzene rings is 4. The molecular weight excluding hydrogens is 1400 g/mol. The molecule has 2 aromatic heterocycles. The average molecular weight is 1440 g/mol. The van der Waals surface area contributed by atoms with Crippen LogP contribution in [0.1, 0.15) is 11.1 Å². The second-order valence-electron chi connectivity index (χ2n) is 14.6. The second kappa shape index (κ2) is 59.1. The van der Waals surface area contributed by atoms with Crippen molar-refractivity contribution < 1.29 is 545 Å². The fraction of sp³-hybridized carbons (Fsp3) is 0.200. The molecule has 6 rings (SSSR count). The fourth-order valence-electron chi connectivity index (χ4n) is 6.43. The zero-order valence-electron chi connectivity index (χ0n) is 52.8. The minimum atomic E-state index is -5.31. The smallest absolute Gasteiger partial charge is 0.744 e. The van der Waals surface area contributed by atoms with Crippen LogP contribution in [0.3, 0.4) is 0 Å². The number of anilines is 10. The summed E-state index contributed by atoms with van der Waals surface area (Å²) in [5, 5.41) is 49.5. The molecule has 0 bridgehead atoms. The molecule has 88 heavy (non-hydrogen) atoms. The van der Waals surface area contributed by atoms with Crippen molar-refractivity contribution in [1.29, 1.82) is 0 Å². The van der Waals surface area contributed by atoms with E-state index in [-0.39, 0.29) is 569 Å². The van der Waals surface area contributed by atoms with Crippen LogP contribution in [0, 0.1) is 0 Å². The van der Waals surface area contributed by atoms with E-state index in [0.717, 1.165) is 60.7 Å². The van der Waals surface area contributed by atoms with E-state index in [1.165, 1.54) is 46.2 Å². The van der Waals surface area contributed by atoms with Crippen LogP contribution in [0.15, 0.2) is 105 Å². The molecule has 384 valence electrons. The first-order valence-electron chi connectivity index (χ1n) is 20.5. The Morgan fingerprint density at radius 2 is 0.602 bits per heavy atom. The topological polar surface area (TPSA) is 442 Å². The van der Waals surface area contributed by atoms with E-state index in [0.29, 0.717) is 0 Å². The number of rotatable bonds is 24. The van der Waals surface area contributed by atoms with Crippen LogP contribution >= 0.6 is 0 Å². The molecule has 8 N–H and O–H groups in total. The Kier molecular flexibility index (Phi) is 81.1. The Labute approximate surface area is 865 Å². The molecule has 0 atom stereocenters. The number of hydrogen-bond donors (Lipinski definition) is 8. The summed E-state index contributed by atoms with van der Waals surface area (Å²) in [5.74, 6) is -1.40. The first-order valence-corrected chi connectivity index (χ1v) is 26.1. The van der Waals surface area contributed by atoms with Gasteiger partial charge >= 0.3 is 473 Å². The van der Waals surface area contributed by atoms with Gasteiger partial charge in [-0.2, -0.15) is 29.9 Å². The van der Waals surface area contributed by atoms with Gasteiger partial charge in [-0.05, 0) is 71.8 Å². The summed E-state index contributed by atoms with van der Waals surface area (Å²) in [6.07, 6.45) is 2.10. The normalized spacial score (nSPS) is 9.95. The third-order valence-electron chi connectivity index (χ3n) is 9.57. The largest absolute Gasteiger partial charge is 1.00 e. The standard InChI is InChI=1S/C40H44N12O16S4.16Na/c53-17-13-51(14-18-54)39-47-35(41-27-3-1-5-31(21-27)69(57,58)59)45-37(49-39)43-29-11-9-25(33(23-29)71(63,64)65)7-8-26-10-12-30(24-34(26)72(66,67)68)44-38-46-36(48-40(50-38)52(15-19-55)16-20-56)42-28-4-2-6-32(22-28)70(60,61)62;;;;;;;;;;;;;;;;/h1-12,21-24,53-56H,13-20H2,(H,57,58,59)(H,60,61,62)(H,63,64,65)(H,66,67,68)(H2,41,43,45,47,49)(H2,42,44,46,48,50);;;;;;;;;;;;;;;;/q;16*+1/p-4. The first-order chi connectivity index (χ1) is 34.0. The van der Waals surface area contributed by atoms with E-state index in [2.05, 4.69) is 51.2 Å². The Morgan fingerprint density at radius 3 is 0.830 bits per heavy atom. The van der Waals surface area contributed by atoms with Gasteiger partial charge in [0.25, 0.3) is 0 Å². The van der Waals surface area contributed by atoms with E-state index >= 15 is 0 Å². The predicted molar refractivity (Wildman–Crippen MR) is 252 cm³/mol. The molecule has 6 aromatic rings. The zero-order chi connectivity index (χ0) is 52.4. The molecule has 0 aliphatic heterocycles. The van der Waals surface area contributed by atoms with Gasteiger partial charge in [-0.15, -0.1) is 0 Å². The van der Waals surface area contributed by atoms with Crippen molar-refractivity contribution in [3.63, 3.8) is 0 Å². The van der Waals surface area contributed by atoms with Crippen LogP contribution in [-0.4, -0.2) is 155 Å². The number of aliphatic hydroxyl groups excluding tert-OH is 4. The monoisotopic (exact) mass is 1440 g/mol. The quantitative estimate of drug-likeness (QED) is 0.0158. The SMILES string of the molecule is O=S(=O)([O-])c1cccc(Nc2nc(Nc3ccc(C=Cc4ccc(Nc5nc(Nc6cccc(S(=O)(=O)[O-])c6)nc(N(CCO)CCO)n5)cc4S(=O)(=O)[O-])c(S(=O)(=O)[O-])c3)nc(N(CCO)CCO)n2)c1.[Na+].[Na+].[Na+].[Na+].[Na+].[Na+].[Na+].[Na+].[Na+].[Na+].[Na+].[Na+].[Na+].[Na+].[Na+].[Na+]. The molecule has 0 unspecified atom stereocenters. The van der Waals surface area contributed by atoms with E-state index < -0.39 is 86.5 Å². The zero-order valence-corrected chi connectivity index (χ0v) is 88.1. The van der Waals surface area contributed by atoms with Gasteiger partial charge in [0.1, 0.15) is 40.5 Å². The minimum absolute atomic E-state index is 0. The van der Waals surface area contributed by atoms with E-state index in [1.54, 1.807) is 0 Å². The summed E-state index contributed by atoms with van der Waals surface area (Å²) in [6, 6.07) is 16.1. The Morgan fingerprint density at radius 1 is 0.352 bits per heavy atom. The van der Waals surface area contributed by atoms with Crippen molar-refractivity contribution in [3.05, 3.63) is 96.1 Å². The molecule has 0 aliphatic rings. The van der Waals surface area contributed by atoms with Crippen LogP contribution in [-0.2, 0) is 40.5 Å². The van der Waals surface area contributed by atoms with Crippen LogP contribution in [0.2, 0.25) is 0 Å². The van der Waals surface area contributed by atoms with E-state index in [4.69, 9.17) is 0 Å². The van der Waals surface area contributed by atoms with Crippen molar-refractivity contribution in [2.24, 2.45) is 0 Å². The number of nitrogens with one attached hydrogen (secondary N) is 4. The Hall–Kier alpha value is 8.92. The van der Waals surface area contributed by atoms with Gasteiger partial charge in [-0.3, -0.25) is 0 Å². The molecule has 48 heteroatoms. The molecule has 2 heterocycles. The van der Waals surface area contributed by atoms with Crippen molar-refractivity contribution in [3.8, 4) is 0 Å². The van der Waals surface area contributed by atoms with Gasteiger partial charge in [0.15, 0.2) is 0 Å². The van der Waals surface area contributed by atoms with Crippen molar-refractivity contribution in [2.45, 2.75) is 19.6 Å². The number of aromatic nitrogens is 6. The second-order valence-corrected chi connectivity index (χ2v) is 20.1. The van der Waals surface area contributed by atoms with Gasteiger partial charge in [0, 0.05) is 48.9 Å². The van der Waals surface area contributed by atoms with Crippen molar-refractivity contribution in [1.82, 2.24) is 29.9 Å². The van der Waals surface area contributed by atoms with Gasteiger partial charge < -0.3 is 69.7 Å². The van der Waals surface area contributed by atoms with Gasteiger partial charge in [-0.1, -0.05) is 36.4 Å². The summed E-state index contributed by atoms with van der Waals surface area (Å²) in [7, 11) is -20.4. The summed E-state index contributed by atoms with van der Waals surface area (Å²) in [4.78, 5) is 25.3. The molecule has 0 fully saturated rings. The maximum Gasteiger partial charge on any atom is 1.00 e. The minimum Gasteiger partial charge on any atom is -0.744 e. The molecule has 0 spiro atoms. The fourth-order valence-corrected chi connectivity index (χ4v) is 8.85. The molecule has 28 nitrogen and oxygen atoms in total. The molecule has 0 aliphatic carbocycles. The maximum absolute atomic E-state index is 12.6. The van der Waals surface area contributed by atoms with Crippen LogP contribution in [0.25, 0.3) is 12.2 Å².